The minimum absolute atomic E-state index is 0.0721. The van der Waals surface area contributed by atoms with Crippen molar-refractivity contribution in [2.24, 2.45) is 4.99 Å². The van der Waals surface area contributed by atoms with Gasteiger partial charge in [0.1, 0.15) is 0 Å². The Morgan fingerprint density at radius 3 is 2.34 bits per heavy atom. The van der Waals surface area contributed by atoms with Crippen molar-refractivity contribution in [1.29, 1.82) is 0 Å². The average molecular weight is 509 g/mol. The molecule has 3 aromatic carbocycles. The number of nitro benzene ring substituents is 1. The van der Waals surface area contributed by atoms with E-state index in [1.54, 1.807) is 18.3 Å². The molecule has 10 heteroatoms. The molecule has 0 aliphatic heterocycles. The lowest BCUT2D eigenvalue weighted by Crippen LogP contribution is -2.06. The first-order chi connectivity index (χ1) is 15.1. The molecule has 0 N–H and O–H groups in total. The highest BCUT2D eigenvalue weighted by molar-refractivity contribution is 9.10. The Balaban J connectivity index is 1.95. The molecule has 32 heavy (non-hydrogen) atoms. The van der Waals surface area contributed by atoms with Crippen LogP contribution >= 0.6 is 15.9 Å². The van der Waals surface area contributed by atoms with Gasteiger partial charge >= 0.3 is 11.9 Å². The van der Waals surface area contributed by atoms with E-state index < -0.39 is 22.4 Å². The number of ether oxygens (including phenoxy) is 2. The predicted molar refractivity (Wildman–Crippen MR) is 117 cm³/mol. The van der Waals surface area contributed by atoms with Crippen LogP contribution in [-0.4, -0.2) is 18.2 Å². The van der Waals surface area contributed by atoms with Crippen molar-refractivity contribution in [3.05, 3.63) is 85.9 Å². The largest absolute Gasteiger partial charge is 0.493 e. The third kappa shape index (κ3) is 5.44. The number of rotatable bonds is 6. The molecule has 0 aromatic heterocycles. The molecule has 0 amide bonds. The highest BCUT2D eigenvalue weighted by Gasteiger charge is 2.33. The van der Waals surface area contributed by atoms with Crippen molar-refractivity contribution >= 4 is 33.5 Å². The lowest BCUT2D eigenvalue weighted by molar-refractivity contribution is -0.385. The molecule has 0 aliphatic carbocycles. The van der Waals surface area contributed by atoms with Crippen LogP contribution in [0.15, 0.2) is 64.1 Å². The fourth-order valence-electron chi connectivity index (χ4n) is 2.73. The zero-order valence-corrected chi connectivity index (χ0v) is 18.4. The normalized spacial score (nSPS) is 11.6. The molecule has 6 nitrogen and oxygen atoms in total. The second-order valence-electron chi connectivity index (χ2n) is 6.67. The molecule has 0 saturated heterocycles. The second-order valence-corrected chi connectivity index (χ2v) is 7.52. The molecular weight excluding hydrogens is 493 g/mol. The van der Waals surface area contributed by atoms with Gasteiger partial charge in [0.15, 0.2) is 11.5 Å². The molecule has 0 fully saturated rings. The van der Waals surface area contributed by atoms with Crippen molar-refractivity contribution < 1.29 is 27.6 Å². The topological polar surface area (TPSA) is 74.0 Å². The zero-order valence-electron chi connectivity index (χ0n) is 16.8. The van der Waals surface area contributed by atoms with Crippen LogP contribution in [0, 0.1) is 17.0 Å². The second kappa shape index (κ2) is 9.39. The molecule has 0 radical (unpaired) electrons. The summed E-state index contributed by atoms with van der Waals surface area (Å²) in [6, 6.07) is 12.9. The molecule has 0 spiro atoms. The molecule has 0 atom stereocenters. The van der Waals surface area contributed by atoms with Crippen LogP contribution < -0.4 is 9.47 Å². The number of nitrogens with zero attached hydrogens (tertiary/aromatic N) is 2. The average Bonchev–Trinajstić information content (AvgIpc) is 2.74. The van der Waals surface area contributed by atoms with Gasteiger partial charge in [-0.1, -0.05) is 17.7 Å². The van der Waals surface area contributed by atoms with Crippen LogP contribution in [0.4, 0.5) is 24.5 Å². The Labute approximate surface area is 189 Å². The third-order valence-corrected chi connectivity index (χ3v) is 4.93. The van der Waals surface area contributed by atoms with Gasteiger partial charge in [0, 0.05) is 12.3 Å². The maximum atomic E-state index is 12.9. The van der Waals surface area contributed by atoms with Gasteiger partial charge in [0.2, 0.25) is 5.75 Å². The summed E-state index contributed by atoms with van der Waals surface area (Å²) in [5.41, 5.74) is 0.520. The smallest absolute Gasteiger partial charge is 0.416 e. The van der Waals surface area contributed by atoms with Gasteiger partial charge in [-0.2, -0.15) is 13.2 Å². The van der Waals surface area contributed by atoms with Crippen LogP contribution in [0.1, 0.15) is 16.7 Å². The summed E-state index contributed by atoms with van der Waals surface area (Å²) in [4.78, 5) is 14.8. The standard InChI is InChI=1S/C22H16BrF3N2O4/c1-13-3-6-16(7-4-13)27-12-14-9-17(23)21(20(10-14)31-2)32-19-8-5-15(22(24,25)26)11-18(19)28(29)30/h3-12H,1-2H3. The molecule has 0 saturated carbocycles. The minimum Gasteiger partial charge on any atom is -0.493 e. The third-order valence-electron chi connectivity index (χ3n) is 4.34. The molecule has 0 heterocycles. The number of aryl methyl sites for hydroxylation is 1. The predicted octanol–water partition coefficient (Wildman–Crippen LogP) is 7.24. The SMILES string of the molecule is COc1cc(C=Nc2ccc(C)cc2)cc(Br)c1Oc1ccc(C(F)(F)F)cc1[N+](=O)[O-]. The van der Waals surface area contributed by atoms with E-state index in [1.807, 2.05) is 31.2 Å². The van der Waals surface area contributed by atoms with E-state index in [9.17, 15) is 23.3 Å². The van der Waals surface area contributed by atoms with Crippen molar-refractivity contribution in [2.45, 2.75) is 13.1 Å². The first-order valence-corrected chi connectivity index (χ1v) is 9.89. The lowest BCUT2D eigenvalue weighted by atomic mass is 10.1. The van der Waals surface area contributed by atoms with E-state index in [1.165, 1.54) is 7.11 Å². The monoisotopic (exact) mass is 508 g/mol. The Hall–Kier alpha value is -3.40. The van der Waals surface area contributed by atoms with E-state index in [4.69, 9.17) is 9.47 Å². The summed E-state index contributed by atoms with van der Waals surface area (Å²) >= 11 is 3.32. The summed E-state index contributed by atoms with van der Waals surface area (Å²) in [6.45, 7) is 1.97. The molecule has 3 aromatic rings. The Morgan fingerprint density at radius 2 is 1.75 bits per heavy atom. The maximum absolute atomic E-state index is 12.9. The zero-order chi connectivity index (χ0) is 23.5. The van der Waals surface area contributed by atoms with Crippen molar-refractivity contribution in [2.75, 3.05) is 7.11 Å². The van der Waals surface area contributed by atoms with E-state index in [2.05, 4.69) is 20.9 Å². The van der Waals surface area contributed by atoms with Crippen LogP contribution in [0.2, 0.25) is 0 Å². The number of hydrogen-bond acceptors (Lipinski definition) is 5. The fraction of sp³-hybridized carbons (Fsp3) is 0.136. The Morgan fingerprint density at radius 1 is 1.06 bits per heavy atom. The summed E-state index contributed by atoms with van der Waals surface area (Å²) in [5, 5.41) is 11.3. The quantitative estimate of drug-likeness (QED) is 0.200. The number of methoxy groups -OCH3 is 1. The summed E-state index contributed by atoms with van der Waals surface area (Å²) in [6.07, 6.45) is -3.12. The van der Waals surface area contributed by atoms with E-state index in [-0.39, 0.29) is 17.2 Å². The van der Waals surface area contributed by atoms with Gasteiger partial charge in [0.25, 0.3) is 0 Å². The van der Waals surface area contributed by atoms with E-state index >= 15 is 0 Å². The minimum atomic E-state index is -4.72. The first-order valence-electron chi connectivity index (χ1n) is 9.10. The van der Waals surface area contributed by atoms with Crippen LogP contribution in [0.3, 0.4) is 0 Å². The number of aliphatic imine (C=N–C) groups is 1. The highest BCUT2D eigenvalue weighted by atomic mass is 79.9. The number of benzene rings is 3. The van der Waals surface area contributed by atoms with Crippen LogP contribution in [-0.2, 0) is 6.18 Å². The van der Waals surface area contributed by atoms with Crippen molar-refractivity contribution in [1.82, 2.24) is 0 Å². The molecule has 166 valence electrons. The summed E-state index contributed by atoms with van der Waals surface area (Å²) in [7, 11) is 1.37. The van der Waals surface area contributed by atoms with Gasteiger partial charge in [-0.3, -0.25) is 15.1 Å². The Kier molecular flexibility index (Phi) is 6.83. The molecule has 3 rings (SSSR count). The van der Waals surface area contributed by atoms with Crippen molar-refractivity contribution in [3.63, 3.8) is 0 Å². The lowest BCUT2D eigenvalue weighted by Gasteiger charge is -2.14. The van der Waals surface area contributed by atoms with Crippen LogP contribution in [0.25, 0.3) is 0 Å². The molecular formula is C22H16BrF3N2O4. The highest BCUT2D eigenvalue weighted by Crippen LogP contribution is 2.43. The first kappa shape index (κ1) is 23.3. The molecule has 0 unspecified atom stereocenters. The van der Waals surface area contributed by atoms with Gasteiger partial charge in [0.05, 0.1) is 27.8 Å². The molecule has 0 aliphatic rings. The summed E-state index contributed by atoms with van der Waals surface area (Å²) in [5.74, 6) is -0.0788. The van der Waals surface area contributed by atoms with Gasteiger partial charge < -0.3 is 9.47 Å². The fourth-order valence-corrected chi connectivity index (χ4v) is 3.27. The number of nitro groups is 1. The van der Waals surface area contributed by atoms with Crippen LogP contribution in [0.5, 0.6) is 17.2 Å². The number of halogens is 4. The van der Waals surface area contributed by atoms with E-state index in [0.717, 1.165) is 17.3 Å². The van der Waals surface area contributed by atoms with Crippen molar-refractivity contribution in [3.8, 4) is 17.2 Å². The molecule has 0 bridgehead atoms. The van der Waals surface area contributed by atoms with Gasteiger partial charge in [-0.25, -0.2) is 0 Å². The maximum Gasteiger partial charge on any atom is 0.416 e. The summed E-state index contributed by atoms with van der Waals surface area (Å²) < 4.78 is 50.1. The number of hydrogen-bond donors (Lipinski definition) is 0. The number of alkyl halides is 3. The van der Waals surface area contributed by atoms with Gasteiger partial charge in [-0.15, -0.1) is 0 Å². The van der Waals surface area contributed by atoms with E-state index in [0.29, 0.717) is 22.2 Å². The Bertz CT molecular complexity index is 1180. The van der Waals surface area contributed by atoms with Gasteiger partial charge in [-0.05, 0) is 64.8 Å².